The lowest BCUT2D eigenvalue weighted by Gasteiger charge is -2.61. The molecule has 3 heteroatoms. The van der Waals surface area contributed by atoms with Crippen molar-refractivity contribution in [2.75, 3.05) is 12.8 Å². The molecular formula is C18H23NO2. The van der Waals surface area contributed by atoms with Crippen molar-refractivity contribution >= 4 is 11.7 Å². The summed E-state index contributed by atoms with van der Waals surface area (Å²) in [7, 11) is 1.54. The highest BCUT2D eigenvalue weighted by atomic mass is 16.5. The topological polar surface area (TPSA) is 52.3 Å². The quantitative estimate of drug-likeness (QED) is 0.670. The molecule has 2 N–H and O–H groups in total. The highest BCUT2D eigenvalue weighted by molar-refractivity contribution is 5.78. The largest absolute Gasteiger partial charge is 0.469 e. The molecule has 0 aromatic heterocycles. The first-order chi connectivity index (χ1) is 10.1. The van der Waals surface area contributed by atoms with Gasteiger partial charge in [0.25, 0.3) is 0 Å². The van der Waals surface area contributed by atoms with E-state index >= 15 is 0 Å². The van der Waals surface area contributed by atoms with Gasteiger partial charge in [0.1, 0.15) is 0 Å². The van der Waals surface area contributed by atoms with Crippen LogP contribution in [0.15, 0.2) is 24.3 Å². The lowest BCUT2D eigenvalue weighted by Crippen LogP contribution is -2.57. The summed E-state index contributed by atoms with van der Waals surface area (Å²) in [5.74, 6) is 1.39. The van der Waals surface area contributed by atoms with E-state index in [1.165, 1.54) is 31.9 Å². The van der Waals surface area contributed by atoms with Crippen molar-refractivity contribution in [1.29, 1.82) is 0 Å². The number of methoxy groups -OCH3 is 1. The maximum absolute atomic E-state index is 12.5. The lowest BCUT2D eigenvalue weighted by molar-refractivity contribution is -0.171. The van der Waals surface area contributed by atoms with Gasteiger partial charge in [-0.1, -0.05) is 12.1 Å². The minimum Gasteiger partial charge on any atom is -0.469 e. The highest BCUT2D eigenvalue weighted by Gasteiger charge is 2.61. The predicted molar refractivity (Wildman–Crippen MR) is 81.7 cm³/mol. The fraction of sp³-hybridized carbons (Fsp3) is 0.611. The molecule has 4 aliphatic rings. The Balaban J connectivity index is 1.76. The number of anilines is 1. The van der Waals surface area contributed by atoms with E-state index < -0.39 is 0 Å². The Morgan fingerprint density at radius 2 is 1.76 bits per heavy atom. The molecule has 0 amide bonds. The molecule has 1 aromatic rings. The van der Waals surface area contributed by atoms with E-state index in [1.807, 2.05) is 12.1 Å². The van der Waals surface area contributed by atoms with Gasteiger partial charge >= 0.3 is 5.97 Å². The summed E-state index contributed by atoms with van der Waals surface area (Å²) in [6.45, 7) is 0. The number of rotatable bonds is 2. The van der Waals surface area contributed by atoms with Crippen molar-refractivity contribution in [1.82, 2.24) is 0 Å². The maximum atomic E-state index is 12.5. The molecule has 0 spiro atoms. The van der Waals surface area contributed by atoms with Crippen LogP contribution < -0.4 is 5.73 Å². The molecule has 0 aliphatic heterocycles. The van der Waals surface area contributed by atoms with Gasteiger partial charge in [-0.3, -0.25) is 4.79 Å². The first kappa shape index (κ1) is 13.2. The molecule has 2 atom stereocenters. The third-order valence-electron chi connectivity index (χ3n) is 6.20. The zero-order valence-corrected chi connectivity index (χ0v) is 12.6. The Morgan fingerprint density at radius 1 is 1.14 bits per heavy atom. The van der Waals surface area contributed by atoms with E-state index in [0.717, 1.165) is 24.9 Å². The minimum absolute atomic E-state index is 0.0245. The molecule has 3 nitrogen and oxygen atoms in total. The molecule has 5 rings (SSSR count). The van der Waals surface area contributed by atoms with Crippen LogP contribution in [0.5, 0.6) is 0 Å². The molecule has 1 aromatic carbocycles. The zero-order chi connectivity index (χ0) is 14.7. The van der Waals surface area contributed by atoms with Crippen LogP contribution in [0.1, 0.15) is 44.1 Å². The van der Waals surface area contributed by atoms with Crippen LogP contribution >= 0.6 is 0 Å². The highest BCUT2D eigenvalue weighted by Crippen LogP contribution is 2.66. The fourth-order valence-corrected chi connectivity index (χ4v) is 5.89. The number of ether oxygens (including phenoxy) is 1. The molecule has 4 bridgehead atoms. The predicted octanol–water partition coefficient (Wildman–Crippen LogP) is 3.28. The van der Waals surface area contributed by atoms with Gasteiger partial charge in [0, 0.05) is 5.69 Å². The number of benzene rings is 1. The van der Waals surface area contributed by atoms with Gasteiger partial charge < -0.3 is 10.5 Å². The summed E-state index contributed by atoms with van der Waals surface area (Å²) in [6, 6.07) is 8.35. The number of esters is 1. The summed E-state index contributed by atoms with van der Waals surface area (Å²) in [5.41, 5.74) is 7.98. The second-order valence-corrected chi connectivity index (χ2v) is 7.64. The van der Waals surface area contributed by atoms with Crippen molar-refractivity contribution in [3.8, 4) is 0 Å². The van der Waals surface area contributed by atoms with Crippen molar-refractivity contribution in [3.63, 3.8) is 0 Å². The Hall–Kier alpha value is -1.51. The van der Waals surface area contributed by atoms with Crippen LogP contribution in [-0.2, 0) is 14.9 Å². The van der Waals surface area contributed by atoms with E-state index in [4.69, 9.17) is 10.5 Å². The second kappa shape index (κ2) is 4.25. The van der Waals surface area contributed by atoms with Crippen LogP contribution in [0.4, 0.5) is 5.69 Å². The van der Waals surface area contributed by atoms with Crippen LogP contribution in [-0.4, -0.2) is 13.1 Å². The van der Waals surface area contributed by atoms with Gasteiger partial charge in [-0.25, -0.2) is 0 Å². The molecule has 4 fully saturated rings. The van der Waals surface area contributed by atoms with E-state index in [1.54, 1.807) is 0 Å². The molecular weight excluding hydrogens is 262 g/mol. The first-order valence-electron chi connectivity index (χ1n) is 8.00. The standard InChI is InChI=1S/C18H23NO2/c1-21-16(20)18-9-12-6-13(10-18)8-17(7-12,11-18)14-2-4-15(19)5-3-14/h2-5,12-13H,6-11,19H2,1H3/t12-,13-,17?,18?/m0/s1. The average molecular weight is 285 g/mol. The molecule has 112 valence electrons. The van der Waals surface area contributed by atoms with Crippen molar-refractivity contribution in [3.05, 3.63) is 29.8 Å². The molecule has 0 radical (unpaired) electrons. The van der Waals surface area contributed by atoms with E-state index in [0.29, 0.717) is 11.8 Å². The molecule has 0 heterocycles. The number of hydrogen-bond acceptors (Lipinski definition) is 3. The summed E-state index contributed by atoms with van der Waals surface area (Å²) >= 11 is 0. The Labute approximate surface area is 125 Å². The van der Waals surface area contributed by atoms with Crippen LogP contribution in [0.3, 0.4) is 0 Å². The number of nitrogens with two attached hydrogens (primary N) is 1. The van der Waals surface area contributed by atoms with Crippen LogP contribution in [0.2, 0.25) is 0 Å². The molecule has 0 saturated heterocycles. The van der Waals surface area contributed by atoms with E-state index in [9.17, 15) is 4.79 Å². The van der Waals surface area contributed by atoms with Crippen LogP contribution in [0.25, 0.3) is 0 Å². The number of carbonyl (C=O) groups excluding carboxylic acids is 1. The second-order valence-electron chi connectivity index (χ2n) is 7.64. The monoisotopic (exact) mass is 285 g/mol. The summed E-state index contributed by atoms with van der Waals surface area (Å²) in [4.78, 5) is 12.5. The Morgan fingerprint density at radius 3 is 2.33 bits per heavy atom. The van der Waals surface area contributed by atoms with Crippen LogP contribution in [0, 0.1) is 17.3 Å². The van der Waals surface area contributed by atoms with E-state index in [-0.39, 0.29) is 16.8 Å². The number of nitrogen functional groups attached to an aromatic ring is 1. The average Bonchev–Trinajstić information content (AvgIpc) is 2.45. The van der Waals surface area contributed by atoms with Gasteiger partial charge in [0.15, 0.2) is 0 Å². The molecule has 0 unspecified atom stereocenters. The molecule has 21 heavy (non-hydrogen) atoms. The number of hydrogen-bond donors (Lipinski definition) is 1. The first-order valence-corrected chi connectivity index (χ1v) is 8.00. The Kier molecular flexibility index (Phi) is 2.66. The summed E-state index contributed by atoms with van der Waals surface area (Å²) < 4.78 is 5.18. The Bertz CT molecular complexity index is 563. The lowest BCUT2D eigenvalue weighted by atomic mass is 9.43. The fourth-order valence-electron chi connectivity index (χ4n) is 5.89. The minimum atomic E-state index is -0.222. The third kappa shape index (κ3) is 1.82. The van der Waals surface area contributed by atoms with Crippen molar-refractivity contribution < 1.29 is 9.53 Å². The zero-order valence-electron chi connectivity index (χ0n) is 12.6. The normalized spacial score (nSPS) is 40.2. The van der Waals surface area contributed by atoms with E-state index in [2.05, 4.69) is 12.1 Å². The van der Waals surface area contributed by atoms with Gasteiger partial charge in [0.05, 0.1) is 12.5 Å². The SMILES string of the molecule is COC(=O)C12C[C@H]3C[C@H](C1)CC(c1ccc(N)cc1)(C3)C2. The summed E-state index contributed by atoms with van der Waals surface area (Å²) in [5, 5.41) is 0. The number of carbonyl (C=O) groups is 1. The third-order valence-corrected chi connectivity index (χ3v) is 6.20. The smallest absolute Gasteiger partial charge is 0.311 e. The van der Waals surface area contributed by atoms with Crippen molar-refractivity contribution in [2.24, 2.45) is 17.3 Å². The van der Waals surface area contributed by atoms with Gasteiger partial charge in [0.2, 0.25) is 0 Å². The summed E-state index contributed by atoms with van der Waals surface area (Å²) in [6.07, 6.45) is 6.79. The van der Waals surface area contributed by atoms with Gasteiger partial charge in [-0.05, 0) is 73.5 Å². The van der Waals surface area contributed by atoms with Gasteiger partial charge in [-0.15, -0.1) is 0 Å². The maximum Gasteiger partial charge on any atom is 0.311 e. The molecule has 4 saturated carbocycles. The van der Waals surface area contributed by atoms with Crippen molar-refractivity contribution in [2.45, 2.75) is 43.9 Å². The molecule has 4 aliphatic carbocycles. The van der Waals surface area contributed by atoms with Gasteiger partial charge in [-0.2, -0.15) is 0 Å².